The molecular formula is C19H19Cl2NO4. The van der Waals surface area contributed by atoms with Crippen LogP contribution in [-0.2, 0) is 16.1 Å². The van der Waals surface area contributed by atoms with Gasteiger partial charge in [0.1, 0.15) is 11.8 Å². The van der Waals surface area contributed by atoms with Crippen molar-refractivity contribution in [3.63, 3.8) is 0 Å². The highest BCUT2D eigenvalue weighted by Crippen LogP contribution is 2.37. The fraction of sp³-hybridized carbons (Fsp3) is 0.263. The van der Waals surface area contributed by atoms with E-state index in [0.29, 0.717) is 32.8 Å². The molecule has 0 aliphatic carbocycles. The SMILES string of the molecule is COc1cc(C=CC(=O)OCc2cccnc2Cl)cc(Cl)c1OC(C)C. The molecule has 1 aromatic heterocycles. The van der Waals surface area contributed by atoms with E-state index in [4.69, 9.17) is 37.4 Å². The molecule has 0 radical (unpaired) electrons. The van der Waals surface area contributed by atoms with Crippen molar-refractivity contribution in [2.45, 2.75) is 26.6 Å². The monoisotopic (exact) mass is 395 g/mol. The summed E-state index contributed by atoms with van der Waals surface area (Å²) in [6, 6.07) is 6.87. The number of hydrogen-bond donors (Lipinski definition) is 0. The summed E-state index contributed by atoms with van der Waals surface area (Å²) in [6.07, 6.45) is 4.41. The molecule has 2 rings (SSSR count). The van der Waals surface area contributed by atoms with Crippen LogP contribution in [0.25, 0.3) is 6.08 Å². The van der Waals surface area contributed by atoms with E-state index in [9.17, 15) is 4.79 Å². The molecule has 0 unspecified atom stereocenters. The highest BCUT2D eigenvalue weighted by molar-refractivity contribution is 6.32. The Morgan fingerprint density at radius 1 is 1.31 bits per heavy atom. The molecule has 0 atom stereocenters. The highest BCUT2D eigenvalue weighted by atomic mass is 35.5. The Morgan fingerprint density at radius 3 is 2.73 bits per heavy atom. The number of methoxy groups -OCH3 is 1. The first-order valence-corrected chi connectivity index (χ1v) is 8.64. The average Bonchev–Trinajstić information content (AvgIpc) is 2.60. The molecule has 5 nitrogen and oxygen atoms in total. The largest absolute Gasteiger partial charge is 0.493 e. The van der Waals surface area contributed by atoms with Gasteiger partial charge in [-0.3, -0.25) is 0 Å². The van der Waals surface area contributed by atoms with Crippen LogP contribution < -0.4 is 9.47 Å². The lowest BCUT2D eigenvalue weighted by Gasteiger charge is -2.15. The molecule has 0 aliphatic heterocycles. The van der Waals surface area contributed by atoms with E-state index in [0.717, 1.165) is 0 Å². The van der Waals surface area contributed by atoms with Crippen molar-refractivity contribution >= 4 is 35.2 Å². The molecule has 0 saturated heterocycles. The Labute approximate surface area is 162 Å². The minimum atomic E-state index is -0.512. The van der Waals surface area contributed by atoms with E-state index in [1.165, 1.54) is 13.2 Å². The van der Waals surface area contributed by atoms with Gasteiger partial charge in [0.25, 0.3) is 0 Å². The van der Waals surface area contributed by atoms with E-state index >= 15 is 0 Å². The number of halogens is 2. The number of benzene rings is 1. The van der Waals surface area contributed by atoms with Crippen molar-refractivity contribution in [1.82, 2.24) is 4.98 Å². The maximum absolute atomic E-state index is 11.9. The zero-order valence-electron chi connectivity index (χ0n) is 14.7. The zero-order valence-corrected chi connectivity index (χ0v) is 16.2. The van der Waals surface area contributed by atoms with Crippen LogP contribution in [0.3, 0.4) is 0 Å². The van der Waals surface area contributed by atoms with E-state index in [1.807, 2.05) is 13.8 Å². The number of esters is 1. The molecule has 2 aromatic rings. The summed E-state index contributed by atoms with van der Waals surface area (Å²) >= 11 is 12.2. The van der Waals surface area contributed by atoms with Crippen molar-refractivity contribution in [2.24, 2.45) is 0 Å². The molecule has 1 heterocycles. The summed E-state index contributed by atoms with van der Waals surface area (Å²) < 4.78 is 16.1. The van der Waals surface area contributed by atoms with E-state index in [2.05, 4.69) is 4.98 Å². The van der Waals surface area contributed by atoms with Crippen molar-refractivity contribution < 1.29 is 19.0 Å². The quantitative estimate of drug-likeness (QED) is 0.377. The molecule has 7 heteroatoms. The van der Waals surface area contributed by atoms with E-state index in [-0.39, 0.29) is 12.7 Å². The van der Waals surface area contributed by atoms with Gasteiger partial charge >= 0.3 is 5.97 Å². The van der Waals surface area contributed by atoms with Crippen LogP contribution in [0.15, 0.2) is 36.5 Å². The van der Waals surface area contributed by atoms with Crippen molar-refractivity contribution in [3.8, 4) is 11.5 Å². The van der Waals surface area contributed by atoms with Gasteiger partial charge in [0.2, 0.25) is 0 Å². The number of ether oxygens (including phenoxy) is 3. The van der Waals surface area contributed by atoms with Crippen LogP contribution in [0, 0.1) is 0 Å². The molecule has 0 fully saturated rings. The lowest BCUT2D eigenvalue weighted by atomic mass is 10.2. The fourth-order valence-corrected chi connectivity index (χ4v) is 2.51. The normalized spacial score (nSPS) is 11.0. The molecular weight excluding hydrogens is 377 g/mol. The Hall–Kier alpha value is -2.24. The third-order valence-electron chi connectivity index (χ3n) is 3.22. The van der Waals surface area contributed by atoms with Crippen LogP contribution in [0.2, 0.25) is 10.2 Å². The van der Waals surface area contributed by atoms with Gasteiger partial charge in [0, 0.05) is 17.8 Å². The molecule has 138 valence electrons. The van der Waals surface area contributed by atoms with Crippen LogP contribution in [0.1, 0.15) is 25.0 Å². The summed E-state index contributed by atoms with van der Waals surface area (Å²) in [5.41, 5.74) is 1.31. The molecule has 0 amide bonds. The van der Waals surface area contributed by atoms with Crippen LogP contribution in [-0.4, -0.2) is 24.2 Å². The van der Waals surface area contributed by atoms with Gasteiger partial charge in [-0.2, -0.15) is 0 Å². The Balaban J connectivity index is 2.06. The van der Waals surface area contributed by atoms with Gasteiger partial charge in [-0.1, -0.05) is 29.3 Å². The maximum atomic E-state index is 11.9. The molecule has 0 bridgehead atoms. The zero-order chi connectivity index (χ0) is 19.1. The number of carbonyl (C=O) groups is 1. The molecule has 1 aromatic carbocycles. The van der Waals surface area contributed by atoms with Gasteiger partial charge < -0.3 is 14.2 Å². The second kappa shape index (κ2) is 9.46. The molecule has 0 aliphatic rings. The lowest BCUT2D eigenvalue weighted by molar-refractivity contribution is -0.138. The number of carbonyl (C=O) groups excluding carboxylic acids is 1. The Morgan fingerprint density at radius 2 is 2.08 bits per heavy atom. The third kappa shape index (κ3) is 5.64. The van der Waals surface area contributed by atoms with Crippen molar-refractivity contribution in [3.05, 3.63) is 57.8 Å². The number of hydrogen-bond acceptors (Lipinski definition) is 5. The van der Waals surface area contributed by atoms with Crippen LogP contribution >= 0.6 is 23.2 Å². The van der Waals surface area contributed by atoms with Crippen molar-refractivity contribution in [1.29, 1.82) is 0 Å². The minimum absolute atomic E-state index is 0.0427. The standard InChI is InChI=1S/C19H19Cl2NO4/c1-12(2)26-18-15(20)9-13(10-16(18)24-3)6-7-17(23)25-11-14-5-4-8-22-19(14)21/h4-10,12H,11H2,1-3H3. The number of nitrogens with zero attached hydrogens (tertiary/aromatic N) is 1. The van der Waals surface area contributed by atoms with Crippen LogP contribution in [0.4, 0.5) is 0 Å². The van der Waals surface area contributed by atoms with E-state index < -0.39 is 5.97 Å². The predicted octanol–water partition coefficient (Wildman–Crippen LogP) is 4.94. The maximum Gasteiger partial charge on any atom is 0.331 e. The highest BCUT2D eigenvalue weighted by Gasteiger charge is 2.13. The van der Waals surface area contributed by atoms with Gasteiger partial charge in [-0.05, 0) is 43.7 Å². The summed E-state index contributed by atoms with van der Waals surface area (Å²) in [6.45, 7) is 3.84. The van der Waals surface area contributed by atoms with E-state index in [1.54, 1.807) is 36.5 Å². The summed E-state index contributed by atoms with van der Waals surface area (Å²) in [4.78, 5) is 15.8. The number of rotatable bonds is 7. The third-order valence-corrected chi connectivity index (χ3v) is 3.84. The Bertz CT molecular complexity index is 806. The average molecular weight is 396 g/mol. The number of pyridine rings is 1. The summed E-state index contributed by atoms with van der Waals surface area (Å²) in [5, 5.41) is 0.703. The second-order valence-corrected chi connectivity index (χ2v) is 6.36. The first kappa shape index (κ1) is 20.1. The van der Waals surface area contributed by atoms with Gasteiger partial charge in [0.15, 0.2) is 11.5 Å². The first-order valence-electron chi connectivity index (χ1n) is 7.89. The lowest BCUT2D eigenvalue weighted by Crippen LogP contribution is -2.07. The van der Waals surface area contributed by atoms with Crippen LogP contribution in [0.5, 0.6) is 11.5 Å². The van der Waals surface area contributed by atoms with Crippen molar-refractivity contribution in [2.75, 3.05) is 7.11 Å². The van der Waals surface area contributed by atoms with Gasteiger partial charge in [0.05, 0.1) is 18.2 Å². The number of aromatic nitrogens is 1. The fourth-order valence-electron chi connectivity index (χ4n) is 2.07. The molecule has 0 saturated carbocycles. The summed E-state index contributed by atoms with van der Waals surface area (Å²) in [7, 11) is 1.53. The topological polar surface area (TPSA) is 57.7 Å². The minimum Gasteiger partial charge on any atom is -0.493 e. The Kier molecular flexibility index (Phi) is 7.30. The molecule has 0 N–H and O–H groups in total. The summed E-state index contributed by atoms with van der Waals surface area (Å²) in [5.74, 6) is 0.444. The van der Waals surface area contributed by atoms with Gasteiger partial charge in [-0.15, -0.1) is 0 Å². The molecule has 0 spiro atoms. The second-order valence-electron chi connectivity index (χ2n) is 5.60. The first-order chi connectivity index (χ1) is 12.4. The smallest absolute Gasteiger partial charge is 0.331 e. The predicted molar refractivity (Wildman–Crippen MR) is 102 cm³/mol. The van der Waals surface area contributed by atoms with Gasteiger partial charge in [-0.25, -0.2) is 9.78 Å². The molecule has 26 heavy (non-hydrogen) atoms.